The number of nitrogens with zero attached hydrogens (tertiary/aromatic N) is 1. The number of carbonyl (C=O) groups is 1. The molecule has 114 valence electrons. The maximum Gasteiger partial charge on any atom is 0.412 e. The zero-order valence-electron chi connectivity index (χ0n) is 12.8. The average molecular weight is 314 g/mol. The molecule has 1 N–H and O–H groups in total. The lowest BCUT2D eigenvalue weighted by molar-refractivity contribution is 0.155. The fourth-order valence-electron chi connectivity index (χ4n) is 1.96. The smallest absolute Gasteiger partial charge is 0.412 e. The largest absolute Gasteiger partial charge is 0.444 e. The number of amides is 1. The van der Waals surface area contributed by atoms with Gasteiger partial charge in [-0.3, -0.25) is 5.32 Å². The molecule has 0 radical (unpaired) electrons. The molecule has 0 saturated heterocycles. The van der Waals surface area contributed by atoms with Gasteiger partial charge in [-0.1, -0.05) is 51.1 Å². The van der Waals surface area contributed by atoms with Gasteiger partial charge in [0.1, 0.15) is 17.7 Å². The Labute approximate surface area is 134 Å². The summed E-state index contributed by atoms with van der Waals surface area (Å²) in [5.41, 5.74) is 2.21. The van der Waals surface area contributed by atoms with E-state index in [1.165, 1.54) is 11.3 Å². The first kappa shape index (κ1) is 16.1. The van der Waals surface area contributed by atoms with Gasteiger partial charge in [-0.25, -0.2) is 4.79 Å². The topological polar surface area (TPSA) is 62.1 Å². The lowest BCUT2D eigenvalue weighted by Crippen LogP contribution is -2.15. The second-order valence-corrected chi connectivity index (χ2v) is 6.78. The Morgan fingerprint density at radius 1 is 1.32 bits per heavy atom. The van der Waals surface area contributed by atoms with Gasteiger partial charge in [0.25, 0.3) is 0 Å². The van der Waals surface area contributed by atoms with Crippen molar-refractivity contribution in [3.63, 3.8) is 0 Å². The van der Waals surface area contributed by atoms with Crippen molar-refractivity contribution in [3.05, 3.63) is 52.4 Å². The molecular formula is C17H18N2O2S. The van der Waals surface area contributed by atoms with Crippen molar-refractivity contribution in [1.82, 2.24) is 0 Å². The van der Waals surface area contributed by atoms with Crippen LogP contribution in [0.25, 0.3) is 0 Å². The fourth-order valence-corrected chi connectivity index (χ4v) is 3.09. The van der Waals surface area contributed by atoms with Crippen LogP contribution < -0.4 is 5.32 Å². The van der Waals surface area contributed by atoms with E-state index in [1.807, 2.05) is 56.5 Å². The predicted octanol–water partition coefficient (Wildman–Crippen LogP) is 4.67. The quantitative estimate of drug-likeness (QED) is 0.895. The molecule has 0 bridgehead atoms. The number of nitrogens with one attached hydrogen (secondary N) is 1. The highest BCUT2D eigenvalue weighted by atomic mass is 32.1. The lowest BCUT2D eigenvalue weighted by Gasteiger charge is -2.17. The van der Waals surface area contributed by atoms with E-state index in [-0.39, 0.29) is 12.0 Å². The van der Waals surface area contributed by atoms with Crippen molar-refractivity contribution < 1.29 is 9.53 Å². The second-order valence-electron chi connectivity index (χ2n) is 5.90. The SMILES string of the molecule is CC(C)(C)c1csc(NC(=O)OCc2ccccc2)c1C#N. The van der Waals surface area contributed by atoms with Crippen LogP contribution >= 0.6 is 11.3 Å². The summed E-state index contributed by atoms with van der Waals surface area (Å²) in [6, 6.07) is 11.6. The summed E-state index contributed by atoms with van der Waals surface area (Å²) in [4.78, 5) is 11.9. The molecule has 0 atom stereocenters. The molecule has 0 aliphatic heterocycles. The molecule has 0 aliphatic rings. The summed E-state index contributed by atoms with van der Waals surface area (Å²) in [5, 5.41) is 14.4. The maximum atomic E-state index is 11.9. The van der Waals surface area contributed by atoms with Crippen LogP contribution in [0.4, 0.5) is 9.80 Å². The van der Waals surface area contributed by atoms with Gasteiger partial charge in [0.05, 0.1) is 5.56 Å². The Balaban J connectivity index is 2.03. The monoisotopic (exact) mass is 314 g/mol. The number of hydrogen-bond donors (Lipinski definition) is 1. The van der Waals surface area contributed by atoms with Gasteiger partial charge < -0.3 is 4.74 Å². The Kier molecular flexibility index (Phi) is 4.84. The minimum Gasteiger partial charge on any atom is -0.444 e. The van der Waals surface area contributed by atoms with E-state index in [4.69, 9.17) is 4.74 Å². The molecule has 0 unspecified atom stereocenters. The van der Waals surface area contributed by atoms with Crippen molar-refractivity contribution in [2.45, 2.75) is 32.8 Å². The van der Waals surface area contributed by atoms with Gasteiger partial charge in [0.15, 0.2) is 0 Å². The third-order valence-electron chi connectivity index (χ3n) is 3.14. The Hall–Kier alpha value is -2.32. The van der Waals surface area contributed by atoms with Crippen molar-refractivity contribution >= 4 is 22.4 Å². The van der Waals surface area contributed by atoms with Crippen LogP contribution in [0.15, 0.2) is 35.7 Å². The van der Waals surface area contributed by atoms with E-state index in [2.05, 4.69) is 11.4 Å². The van der Waals surface area contributed by atoms with Gasteiger partial charge in [-0.2, -0.15) is 5.26 Å². The standard InChI is InChI=1S/C17H18N2O2S/c1-17(2,3)14-11-22-15(13(14)9-18)19-16(20)21-10-12-7-5-4-6-8-12/h4-8,11H,10H2,1-3H3,(H,19,20). The Bertz CT molecular complexity index is 694. The molecule has 1 amide bonds. The third kappa shape index (κ3) is 3.86. The first-order chi connectivity index (χ1) is 10.4. The number of carbonyl (C=O) groups excluding carboxylic acids is 1. The highest BCUT2D eigenvalue weighted by molar-refractivity contribution is 7.14. The molecule has 1 heterocycles. The zero-order valence-corrected chi connectivity index (χ0v) is 13.7. The number of anilines is 1. The van der Waals surface area contributed by atoms with Crippen LogP contribution in [-0.2, 0) is 16.8 Å². The first-order valence-electron chi connectivity index (χ1n) is 6.91. The van der Waals surface area contributed by atoms with E-state index >= 15 is 0 Å². The maximum absolute atomic E-state index is 11.9. The first-order valence-corrected chi connectivity index (χ1v) is 7.79. The summed E-state index contributed by atoms with van der Waals surface area (Å²) in [6.45, 7) is 6.31. The minimum absolute atomic E-state index is 0.143. The van der Waals surface area contributed by atoms with E-state index < -0.39 is 6.09 Å². The van der Waals surface area contributed by atoms with Crippen molar-refractivity contribution in [2.75, 3.05) is 5.32 Å². The molecule has 2 rings (SSSR count). The number of rotatable bonds is 3. The van der Waals surface area contributed by atoms with E-state index in [1.54, 1.807) is 0 Å². The molecule has 0 saturated carbocycles. The molecular weight excluding hydrogens is 296 g/mol. The van der Waals surface area contributed by atoms with Gasteiger partial charge >= 0.3 is 6.09 Å². The molecule has 4 nitrogen and oxygen atoms in total. The summed E-state index contributed by atoms with van der Waals surface area (Å²) >= 11 is 1.34. The summed E-state index contributed by atoms with van der Waals surface area (Å²) in [6.07, 6.45) is -0.553. The van der Waals surface area contributed by atoms with Crippen LogP contribution in [0.3, 0.4) is 0 Å². The van der Waals surface area contributed by atoms with Crippen molar-refractivity contribution in [2.24, 2.45) is 0 Å². The fraction of sp³-hybridized carbons (Fsp3) is 0.294. The summed E-state index contributed by atoms with van der Waals surface area (Å²) in [5.74, 6) is 0. The molecule has 1 aromatic carbocycles. The van der Waals surface area contributed by atoms with Crippen LogP contribution in [0.5, 0.6) is 0 Å². The molecule has 22 heavy (non-hydrogen) atoms. The Morgan fingerprint density at radius 3 is 2.59 bits per heavy atom. The molecule has 2 aromatic rings. The van der Waals surface area contributed by atoms with E-state index in [0.717, 1.165) is 11.1 Å². The molecule has 0 fully saturated rings. The average Bonchev–Trinajstić information content (AvgIpc) is 2.89. The number of ether oxygens (including phenoxy) is 1. The zero-order chi connectivity index (χ0) is 16.2. The highest BCUT2D eigenvalue weighted by Crippen LogP contribution is 2.35. The normalized spacial score (nSPS) is 10.8. The van der Waals surface area contributed by atoms with Crippen molar-refractivity contribution in [3.8, 4) is 6.07 Å². The van der Waals surface area contributed by atoms with Gasteiger partial charge in [0.2, 0.25) is 0 Å². The van der Waals surface area contributed by atoms with E-state index in [9.17, 15) is 10.1 Å². The van der Waals surface area contributed by atoms with Gasteiger partial charge in [0, 0.05) is 0 Å². The van der Waals surface area contributed by atoms with E-state index in [0.29, 0.717) is 10.6 Å². The number of hydrogen-bond acceptors (Lipinski definition) is 4. The van der Waals surface area contributed by atoms with Gasteiger partial charge in [-0.15, -0.1) is 11.3 Å². The van der Waals surface area contributed by atoms with Gasteiger partial charge in [-0.05, 0) is 21.9 Å². The number of benzene rings is 1. The van der Waals surface area contributed by atoms with Crippen LogP contribution in [-0.4, -0.2) is 6.09 Å². The molecule has 0 aliphatic carbocycles. The minimum atomic E-state index is -0.553. The highest BCUT2D eigenvalue weighted by Gasteiger charge is 2.23. The second kappa shape index (κ2) is 6.63. The van der Waals surface area contributed by atoms with Crippen LogP contribution in [0.2, 0.25) is 0 Å². The summed E-state index contributed by atoms with van der Waals surface area (Å²) in [7, 11) is 0. The summed E-state index contributed by atoms with van der Waals surface area (Å²) < 4.78 is 5.17. The van der Waals surface area contributed by atoms with Crippen molar-refractivity contribution in [1.29, 1.82) is 5.26 Å². The third-order valence-corrected chi connectivity index (χ3v) is 4.03. The van der Waals surface area contributed by atoms with Crippen LogP contribution in [0, 0.1) is 11.3 Å². The molecule has 5 heteroatoms. The Morgan fingerprint density at radius 2 is 2.00 bits per heavy atom. The lowest BCUT2D eigenvalue weighted by atomic mass is 9.86. The number of thiophene rings is 1. The molecule has 0 spiro atoms. The van der Waals surface area contributed by atoms with Crippen LogP contribution in [0.1, 0.15) is 37.5 Å². The molecule has 1 aromatic heterocycles. The number of nitriles is 1. The predicted molar refractivity (Wildman–Crippen MR) is 88.0 cm³/mol.